The molecule has 5 rings (SSSR count). The number of H-pyrrole nitrogens is 1. The Balaban J connectivity index is 1.41. The van der Waals surface area contributed by atoms with E-state index >= 15 is 0 Å². The first kappa shape index (κ1) is 16.5. The van der Waals surface area contributed by atoms with Crippen LogP contribution in [0.1, 0.15) is 41.5 Å². The second-order valence-corrected chi connectivity index (χ2v) is 7.47. The maximum atomic E-state index is 13.1. The summed E-state index contributed by atoms with van der Waals surface area (Å²) in [5.74, 6) is 0.0761. The predicted octanol–water partition coefficient (Wildman–Crippen LogP) is 2.07. The molecule has 3 aromatic heterocycles. The van der Waals surface area contributed by atoms with Crippen LogP contribution in [0.15, 0.2) is 36.9 Å². The Bertz CT molecular complexity index is 981. The lowest BCUT2D eigenvalue weighted by molar-refractivity contribution is 0.0103. The quantitative estimate of drug-likeness (QED) is 0.756. The van der Waals surface area contributed by atoms with E-state index in [-0.39, 0.29) is 11.4 Å². The van der Waals surface area contributed by atoms with E-state index in [1.54, 1.807) is 10.7 Å². The van der Waals surface area contributed by atoms with Gasteiger partial charge in [-0.1, -0.05) is 13.0 Å². The van der Waals surface area contributed by atoms with Crippen molar-refractivity contribution >= 4 is 11.4 Å². The van der Waals surface area contributed by atoms with Gasteiger partial charge in [-0.15, -0.1) is 0 Å². The lowest BCUT2D eigenvalue weighted by Gasteiger charge is -2.50. The van der Waals surface area contributed by atoms with Crippen LogP contribution in [-0.2, 0) is 12.0 Å². The molecular formula is C20H24N6O. The number of nitrogens with one attached hydrogen (secondary N) is 1. The van der Waals surface area contributed by atoms with Gasteiger partial charge in [-0.25, -0.2) is 9.50 Å². The highest BCUT2D eigenvalue weighted by atomic mass is 16.2. The van der Waals surface area contributed by atoms with Crippen molar-refractivity contribution in [3.05, 3.63) is 53.9 Å². The molecule has 2 aliphatic rings. The van der Waals surface area contributed by atoms with Gasteiger partial charge in [0.2, 0.25) is 0 Å². The van der Waals surface area contributed by atoms with Gasteiger partial charge in [0.25, 0.3) is 5.91 Å². The molecule has 1 N–H and O–H groups in total. The van der Waals surface area contributed by atoms with E-state index in [1.165, 1.54) is 11.4 Å². The van der Waals surface area contributed by atoms with Crippen molar-refractivity contribution in [2.45, 2.75) is 31.7 Å². The third kappa shape index (κ3) is 2.41. The van der Waals surface area contributed by atoms with E-state index in [0.29, 0.717) is 5.56 Å². The normalized spacial score (nSPS) is 19.5. The molecule has 7 heteroatoms. The van der Waals surface area contributed by atoms with Crippen LogP contribution in [0.3, 0.4) is 0 Å². The fourth-order valence-electron chi connectivity index (χ4n) is 4.89. The summed E-state index contributed by atoms with van der Waals surface area (Å²) in [5.41, 5.74) is 3.97. The minimum atomic E-state index is -0.0415. The Morgan fingerprint density at radius 1 is 1.26 bits per heavy atom. The maximum absolute atomic E-state index is 13.1. The number of aromatic amines is 1. The van der Waals surface area contributed by atoms with E-state index in [9.17, 15) is 4.79 Å². The monoisotopic (exact) mass is 364 g/mol. The largest absolute Gasteiger partial charge is 0.348 e. The van der Waals surface area contributed by atoms with Crippen LogP contribution < -0.4 is 0 Å². The van der Waals surface area contributed by atoms with Crippen LogP contribution in [0, 0.1) is 0 Å². The molecule has 140 valence electrons. The molecule has 0 aliphatic carbocycles. The third-order valence-electron chi connectivity index (χ3n) is 6.31. The highest BCUT2D eigenvalue weighted by Gasteiger charge is 2.46. The number of likely N-dealkylation sites (N-methyl/N-ethyl adjacent to an activating group) is 1. The fourth-order valence-corrected chi connectivity index (χ4v) is 4.89. The van der Waals surface area contributed by atoms with Gasteiger partial charge in [0.1, 0.15) is 0 Å². The molecule has 0 atom stereocenters. The number of pyridine rings is 1. The van der Waals surface area contributed by atoms with Crippen molar-refractivity contribution < 1.29 is 4.79 Å². The Hall–Kier alpha value is -2.67. The molecule has 5 heterocycles. The zero-order chi connectivity index (χ0) is 18.4. The Morgan fingerprint density at radius 3 is 2.93 bits per heavy atom. The van der Waals surface area contributed by atoms with E-state index < -0.39 is 0 Å². The molecule has 0 unspecified atom stereocenters. The van der Waals surface area contributed by atoms with Crippen molar-refractivity contribution in [3.63, 3.8) is 0 Å². The minimum Gasteiger partial charge on any atom is -0.348 e. The summed E-state index contributed by atoms with van der Waals surface area (Å²) in [6.07, 6.45) is 8.25. The summed E-state index contributed by atoms with van der Waals surface area (Å²) < 4.78 is 1.76. The number of nitrogens with zero attached hydrogens (tertiary/aromatic N) is 5. The molecule has 27 heavy (non-hydrogen) atoms. The molecule has 1 amide bonds. The number of rotatable bonds is 2. The lowest BCUT2D eigenvalue weighted by atomic mass is 9.78. The van der Waals surface area contributed by atoms with Gasteiger partial charge in [-0.3, -0.25) is 9.69 Å². The van der Waals surface area contributed by atoms with E-state index in [4.69, 9.17) is 0 Å². The zero-order valence-corrected chi connectivity index (χ0v) is 15.6. The second kappa shape index (κ2) is 6.20. The van der Waals surface area contributed by atoms with Crippen LogP contribution >= 0.6 is 0 Å². The average Bonchev–Trinajstić information content (AvgIpc) is 3.36. The topological polar surface area (TPSA) is 69.5 Å². The van der Waals surface area contributed by atoms with Crippen molar-refractivity contribution in [1.29, 1.82) is 0 Å². The molecule has 0 saturated carbocycles. The molecule has 0 bridgehead atoms. The first-order valence-electron chi connectivity index (χ1n) is 9.72. The molecule has 0 aromatic carbocycles. The molecule has 1 spiro atoms. The van der Waals surface area contributed by atoms with Gasteiger partial charge in [0.05, 0.1) is 34.8 Å². The molecule has 1 fully saturated rings. The highest BCUT2D eigenvalue weighted by Crippen LogP contribution is 2.42. The van der Waals surface area contributed by atoms with E-state index in [1.807, 2.05) is 35.6 Å². The summed E-state index contributed by atoms with van der Waals surface area (Å²) in [6, 6.07) is 5.81. The Kier molecular flexibility index (Phi) is 3.79. The summed E-state index contributed by atoms with van der Waals surface area (Å²) in [5, 5.41) is 4.31. The molecule has 1 saturated heterocycles. The van der Waals surface area contributed by atoms with Crippen LogP contribution in [-0.4, -0.2) is 61.5 Å². The van der Waals surface area contributed by atoms with Gasteiger partial charge >= 0.3 is 0 Å². The fraction of sp³-hybridized carbons (Fsp3) is 0.450. The molecular weight excluding hydrogens is 340 g/mol. The summed E-state index contributed by atoms with van der Waals surface area (Å²) in [7, 11) is 0. The average molecular weight is 364 g/mol. The van der Waals surface area contributed by atoms with E-state index in [2.05, 4.69) is 26.9 Å². The van der Waals surface area contributed by atoms with Crippen molar-refractivity contribution in [2.75, 3.05) is 26.2 Å². The van der Waals surface area contributed by atoms with E-state index in [0.717, 1.165) is 51.0 Å². The smallest absolute Gasteiger partial charge is 0.257 e. The molecule has 0 radical (unpaired) electrons. The second-order valence-electron chi connectivity index (χ2n) is 7.47. The van der Waals surface area contributed by atoms with Crippen LogP contribution in [0.4, 0.5) is 0 Å². The Labute approximate surface area is 158 Å². The number of imidazole rings is 1. The van der Waals surface area contributed by atoms with Crippen LogP contribution in [0.25, 0.3) is 5.52 Å². The number of carbonyl (C=O) groups is 1. The Morgan fingerprint density at radius 2 is 2.11 bits per heavy atom. The van der Waals surface area contributed by atoms with Crippen molar-refractivity contribution in [2.24, 2.45) is 0 Å². The molecule has 7 nitrogen and oxygen atoms in total. The van der Waals surface area contributed by atoms with Crippen LogP contribution in [0.5, 0.6) is 0 Å². The SMILES string of the molecule is CCN1CCc2[nH]cnc2C12CCN(C(=O)c1cnn3ccccc13)CC2. The van der Waals surface area contributed by atoms with Gasteiger partial charge in [0, 0.05) is 37.9 Å². The van der Waals surface area contributed by atoms with Gasteiger partial charge in [-0.05, 0) is 31.5 Å². The van der Waals surface area contributed by atoms with Gasteiger partial charge in [-0.2, -0.15) is 5.10 Å². The number of aromatic nitrogens is 4. The van der Waals surface area contributed by atoms with Crippen molar-refractivity contribution in [1.82, 2.24) is 29.4 Å². The predicted molar refractivity (Wildman–Crippen MR) is 102 cm³/mol. The summed E-state index contributed by atoms with van der Waals surface area (Å²) in [6.45, 7) is 5.76. The first-order valence-corrected chi connectivity index (χ1v) is 9.72. The number of amides is 1. The summed E-state index contributed by atoms with van der Waals surface area (Å²) in [4.78, 5) is 25.7. The van der Waals surface area contributed by atoms with Gasteiger partial charge in [0.15, 0.2) is 0 Å². The minimum absolute atomic E-state index is 0.0415. The summed E-state index contributed by atoms with van der Waals surface area (Å²) >= 11 is 0. The highest BCUT2D eigenvalue weighted by molar-refractivity contribution is 6.00. The number of hydrogen-bond acceptors (Lipinski definition) is 4. The van der Waals surface area contributed by atoms with Gasteiger partial charge < -0.3 is 9.88 Å². The number of likely N-dealkylation sites (tertiary alicyclic amines) is 1. The molecule has 2 aliphatic heterocycles. The molecule has 3 aromatic rings. The number of hydrogen-bond donors (Lipinski definition) is 1. The van der Waals surface area contributed by atoms with Crippen molar-refractivity contribution in [3.8, 4) is 0 Å². The maximum Gasteiger partial charge on any atom is 0.257 e. The lowest BCUT2D eigenvalue weighted by Crippen LogP contribution is -2.57. The number of carbonyl (C=O) groups excluding carboxylic acids is 1. The zero-order valence-electron chi connectivity index (χ0n) is 15.6. The standard InChI is InChI=1S/C20H24N6O/c1-2-25-10-6-16-18(22-14-21-16)20(25)7-11-24(12-8-20)19(27)15-13-23-26-9-4-3-5-17(15)26/h3-5,9,13-14H,2,6-8,10-12H2,1H3,(H,21,22). The number of fused-ring (bicyclic) bond motifs is 3. The van der Waals surface area contributed by atoms with Crippen LogP contribution in [0.2, 0.25) is 0 Å². The first-order chi connectivity index (χ1) is 13.2. The number of piperidine rings is 1. The third-order valence-corrected chi connectivity index (χ3v) is 6.31.